The number of fused-ring (bicyclic) bond motifs is 6. The molecule has 0 aliphatic rings. The van der Waals surface area contributed by atoms with Gasteiger partial charge in [0.25, 0.3) is 0 Å². The maximum Gasteiger partial charge on any atom is 0.145 e. The summed E-state index contributed by atoms with van der Waals surface area (Å²) >= 11 is 0. The zero-order valence-corrected chi connectivity index (χ0v) is 24.4. The minimum atomic E-state index is 0.936. The third kappa shape index (κ3) is 4.21. The molecule has 0 unspecified atom stereocenters. The molecule has 0 aliphatic heterocycles. The van der Waals surface area contributed by atoms with Gasteiger partial charge >= 0.3 is 0 Å². The van der Waals surface area contributed by atoms with Crippen molar-refractivity contribution in [3.63, 3.8) is 0 Å². The second-order valence-corrected chi connectivity index (χ2v) is 11.4. The van der Waals surface area contributed by atoms with Gasteiger partial charge in [-0.1, -0.05) is 133 Å². The second-order valence-electron chi connectivity index (χ2n) is 11.4. The summed E-state index contributed by atoms with van der Waals surface area (Å²) in [6.45, 7) is 0. The molecule has 0 N–H and O–H groups in total. The van der Waals surface area contributed by atoms with E-state index < -0.39 is 0 Å². The Morgan fingerprint density at radius 2 is 1.09 bits per heavy atom. The highest BCUT2D eigenvalue weighted by atomic mass is 15.1. The van der Waals surface area contributed by atoms with Gasteiger partial charge in [-0.25, -0.2) is 9.97 Å². The molecule has 0 saturated carbocycles. The van der Waals surface area contributed by atoms with Crippen molar-refractivity contribution in [1.82, 2.24) is 14.5 Å². The van der Waals surface area contributed by atoms with E-state index in [4.69, 9.17) is 9.97 Å². The highest BCUT2D eigenvalue weighted by Gasteiger charge is 2.16. The summed E-state index contributed by atoms with van der Waals surface area (Å²) in [7, 11) is 0. The van der Waals surface area contributed by atoms with Crippen LogP contribution < -0.4 is 0 Å². The molecule has 0 saturated heterocycles. The first-order chi connectivity index (χ1) is 22.3. The Labute approximate surface area is 260 Å². The normalized spacial score (nSPS) is 11.6. The number of benzene rings is 7. The molecular weight excluding hydrogens is 546 g/mol. The number of rotatable bonds is 4. The van der Waals surface area contributed by atoms with Gasteiger partial charge in [0, 0.05) is 33.0 Å². The van der Waals surface area contributed by atoms with Gasteiger partial charge in [-0.3, -0.25) is 4.57 Å². The average molecular weight is 574 g/mol. The molecule has 3 heteroatoms. The number of hydrogen-bond donors (Lipinski definition) is 0. The van der Waals surface area contributed by atoms with Gasteiger partial charge in [-0.05, 0) is 52.2 Å². The zero-order chi connectivity index (χ0) is 29.7. The maximum absolute atomic E-state index is 5.19. The van der Waals surface area contributed by atoms with E-state index in [0.717, 1.165) is 56.0 Å². The van der Waals surface area contributed by atoms with Gasteiger partial charge in [0.15, 0.2) is 0 Å². The Morgan fingerprint density at radius 1 is 0.400 bits per heavy atom. The van der Waals surface area contributed by atoms with Crippen LogP contribution in [0.4, 0.5) is 0 Å². The molecule has 0 amide bonds. The topological polar surface area (TPSA) is 30.7 Å². The largest absolute Gasteiger partial charge is 0.292 e. The van der Waals surface area contributed by atoms with Crippen molar-refractivity contribution >= 4 is 43.5 Å². The lowest BCUT2D eigenvalue weighted by atomic mass is 9.94. The Kier molecular flexibility index (Phi) is 5.82. The van der Waals surface area contributed by atoms with Gasteiger partial charge in [0.1, 0.15) is 5.82 Å². The van der Waals surface area contributed by atoms with E-state index in [1.807, 2.05) is 12.1 Å². The fourth-order valence-corrected chi connectivity index (χ4v) is 6.66. The number of pyridine rings is 1. The van der Waals surface area contributed by atoms with Crippen LogP contribution in [0.1, 0.15) is 0 Å². The van der Waals surface area contributed by atoms with Crippen molar-refractivity contribution < 1.29 is 0 Å². The fourth-order valence-electron chi connectivity index (χ4n) is 6.66. The third-order valence-corrected chi connectivity index (χ3v) is 8.78. The van der Waals surface area contributed by atoms with E-state index in [1.165, 1.54) is 26.9 Å². The Balaban J connectivity index is 1.17. The van der Waals surface area contributed by atoms with Crippen molar-refractivity contribution in [2.24, 2.45) is 0 Å². The summed E-state index contributed by atoms with van der Waals surface area (Å²) in [5, 5.41) is 6.10. The molecule has 9 aromatic rings. The Morgan fingerprint density at radius 3 is 1.96 bits per heavy atom. The monoisotopic (exact) mass is 573 g/mol. The van der Waals surface area contributed by atoms with E-state index in [1.54, 1.807) is 0 Å². The summed E-state index contributed by atoms with van der Waals surface area (Å²) < 4.78 is 2.26. The Bertz CT molecular complexity index is 2510. The van der Waals surface area contributed by atoms with Crippen LogP contribution in [0.25, 0.3) is 82.9 Å². The van der Waals surface area contributed by atoms with Crippen LogP contribution in [-0.2, 0) is 0 Å². The minimum Gasteiger partial charge on any atom is -0.292 e. The second kappa shape index (κ2) is 10.3. The average Bonchev–Trinajstić information content (AvgIpc) is 3.51. The summed E-state index contributed by atoms with van der Waals surface area (Å²) in [5.41, 5.74) is 9.67. The minimum absolute atomic E-state index is 0.936. The van der Waals surface area contributed by atoms with Crippen LogP contribution >= 0.6 is 0 Å². The first-order valence-electron chi connectivity index (χ1n) is 15.3. The molecular formula is C42H27N3. The van der Waals surface area contributed by atoms with Gasteiger partial charge < -0.3 is 0 Å². The van der Waals surface area contributed by atoms with Crippen LogP contribution in [0, 0.1) is 0 Å². The SMILES string of the molecule is c1ccc(-c2nc3ccccc3n2-c2cccc(-c3ccc(-c4nc5ccccc5c5c4ccc4ccccc45)cc3)c2)cc1. The van der Waals surface area contributed by atoms with Gasteiger partial charge in [0.2, 0.25) is 0 Å². The molecule has 2 aromatic heterocycles. The van der Waals surface area contributed by atoms with E-state index >= 15 is 0 Å². The van der Waals surface area contributed by atoms with Crippen LogP contribution in [0.15, 0.2) is 164 Å². The summed E-state index contributed by atoms with van der Waals surface area (Å²) in [4.78, 5) is 10.2. The molecule has 0 atom stereocenters. The van der Waals surface area contributed by atoms with E-state index in [0.29, 0.717) is 0 Å². The third-order valence-electron chi connectivity index (χ3n) is 8.78. The van der Waals surface area contributed by atoms with Crippen molar-refractivity contribution in [3.8, 4) is 39.5 Å². The molecule has 7 aromatic carbocycles. The molecule has 210 valence electrons. The lowest BCUT2D eigenvalue weighted by molar-refractivity contribution is 1.10. The first kappa shape index (κ1) is 25.4. The van der Waals surface area contributed by atoms with Gasteiger partial charge in [-0.15, -0.1) is 0 Å². The molecule has 2 heterocycles. The molecule has 3 nitrogen and oxygen atoms in total. The lowest BCUT2D eigenvalue weighted by Crippen LogP contribution is -1.98. The zero-order valence-electron chi connectivity index (χ0n) is 24.4. The quantitative estimate of drug-likeness (QED) is 0.196. The fraction of sp³-hybridized carbons (Fsp3) is 0. The number of imidazole rings is 1. The van der Waals surface area contributed by atoms with Crippen molar-refractivity contribution in [2.75, 3.05) is 0 Å². The standard InChI is InChI=1S/C42H27N3/c1-2-12-31(13-3-1)42-44-38-19-8-9-20-39(38)45(42)33-15-10-14-32(27-33)28-21-23-30(24-22-28)41-36-26-25-29-11-4-5-16-34(29)40(36)35-17-6-7-18-37(35)43-41/h1-27H. The van der Waals surface area contributed by atoms with Crippen LogP contribution in [0.3, 0.4) is 0 Å². The van der Waals surface area contributed by atoms with Crippen molar-refractivity contribution in [3.05, 3.63) is 164 Å². The number of hydrogen-bond acceptors (Lipinski definition) is 2. The molecule has 0 bridgehead atoms. The highest BCUT2D eigenvalue weighted by molar-refractivity contribution is 6.22. The molecule has 45 heavy (non-hydrogen) atoms. The number of para-hydroxylation sites is 3. The number of nitrogens with zero attached hydrogens (tertiary/aromatic N) is 3. The summed E-state index contributed by atoms with van der Waals surface area (Å²) in [6, 6.07) is 57.8. The first-order valence-corrected chi connectivity index (χ1v) is 15.3. The van der Waals surface area contributed by atoms with Gasteiger partial charge in [0.05, 0.1) is 22.2 Å². The predicted molar refractivity (Wildman–Crippen MR) is 188 cm³/mol. The Hall–Kier alpha value is -6.06. The lowest BCUT2D eigenvalue weighted by Gasteiger charge is -2.14. The molecule has 9 rings (SSSR count). The van der Waals surface area contributed by atoms with E-state index in [9.17, 15) is 0 Å². The van der Waals surface area contributed by atoms with Crippen LogP contribution in [-0.4, -0.2) is 14.5 Å². The molecule has 0 spiro atoms. The van der Waals surface area contributed by atoms with E-state index in [-0.39, 0.29) is 0 Å². The summed E-state index contributed by atoms with van der Waals surface area (Å²) in [6.07, 6.45) is 0. The maximum atomic E-state index is 5.19. The van der Waals surface area contributed by atoms with E-state index in [2.05, 4.69) is 156 Å². The molecule has 0 fully saturated rings. The van der Waals surface area contributed by atoms with Gasteiger partial charge in [-0.2, -0.15) is 0 Å². The summed E-state index contributed by atoms with van der Waals surface area (Å²) in [5.74, 6) is 0.936. The van der Waals surface area contributed by atoms with Crippen LogP contribution in [0.5, 0.6) is 0 Å². The number of aromatic nitrogens is 3. The highest BCUT2D eigenvalue weighted by Crippen LogP contribution is 2.38. The van der Waals surface area contributed by atoms with Crippen molar-refractivity contribution in [2.45, 2.75) is 0 Å². The molecule has 0 aliphatic carbocycles. The van der Waals surface area contributed by atoms with Crippen molar-refractivity contribution in [1.29, 1.82) is 0 Å². The smallest absolute Gasteiger partial charge is 0.145 e. The molecule has 0 radical (unpaired) electrons. The van der Waals surface area contributed by atoms with Crippen LogP contribution in [0.2, 0.25) is 0 Å². The predicted octanol–water partition coefficient (Wildman–Crippen LogP) is 10.9.